The van der Waals surface area contributed by atoms with Crippen molar-refractivity contribution in [1.82, 2.24) is 0 Å². The van der Waals surface area contributed by atoms with Gasteiger partial charge in [-0.3, -0.25) is 9.52 Å². The summed E-state index contributed by atoms with van der Waals surface area (Å²) in [5, 5.41) is 19.8. The molecule has 7 nitrogen and oxygen atoms in total. The quantitative estimate of drug-likeness (QED) is 0.317. The highest BCUT2D eigenvalue weighted by molar-refractivity contribution is 7.92. The van der Waals surface area contributed by atoms with Crippen molar-refractivity contribution in [3.8, 4) is 5.75 Å². The van der Waals surface area contributed by atoms with E-state index in [1.165, 1.54) is 12.1 Å². The number of aliphatic carboxylic acids is 1. The maximum Gasteiger partial charge on any atom is 0.309 e. The Hall–Kier alpha value is -3.62. The van der Waals surface area contributed by atoms with Gasteiger partial charge in [0.2, 0.25) is 0 Å². The van der Waals surface area contributed by atoms with Crippen molar-refractivity contribution in [3.05, 3.63) is 96.1 Å². The van der Waals surface area contributed by atoms with Gasteiger partial charge in [-0.2, -0.15) is 0 Å². The van der Waals surface area contributed by atoms with E-state index < -0.39 is 27.5 Å². The zero-order valence-electron chi connectivity index (χ0n) is 20.3. The topological polar surface area (TPSA) is 113 Å². The summed E-state index contributed by atoms with van der Waals surface area (Å²) in [6.07, 6.45) is 3.21. The molecule has 190 valence electrons. The van der Waals surface area contributed by atoms with Crippen molar-refractivity contribution < 1.29 is 28.2 Å². The molecule has 0 spiro atoms. The van der Waals surface area contributed by atoms with Crippen LogP contribution in [0.4, 0.5) is 5.69 Å². The summed E-state index contributed by atoms with van der Waals surface area (Å²) in [7, 11) is -3.69. The van der Waals surface area contributed by atoms with E-state index in [1.807, 2.05) is 18.2 Å². The fraction of sp³-hybridized carbons (Fsp3) is 0.250. The average molecular weight is 510 g/mol. The Kier molecular flexibility index (Phi) is 8.90. The average Bonchev–Trinajstić information content (AvgIpc) is 2.84. The van der Waals surface area contributed by atoms with Gasteiger partial charge in [0, 0.05) is 12.1 Å². The molecule has 3 rings (SSSR count). The first-order chi connectivity index (χ1) is 17.1. The fourth-order valence-electron chi connectivity index (χ4n) is 3.47. The first-order valence-corrected chi connectivity index (χ1v) is 13.0. The van der Waals surface area contributed by atoms with Crippen LogP contribution in [0.5, 0.6) is 5.75 Å². The van der Waals surface area contributed by atoms with Gasteiger partial charge < -0.3 is 14.9 Å². The highest BCUT2D eigenvalue weighted by atomic mass is 32.2. The van der Waals surface area contributed by atoms with E-state index in [4.69, 9.17) is 4.74 Å². The van der Waals surface area contributed by atoms with Crippen LogP contribution in [0.25, 0.3) is 6.08 Å². The summed E-state index contributed by atoms with van der Waals surface area (Å²) in [6.45, 7) is 3.58. The Morgan fingerprint density at radius 1 is 1.03 bits per heavy atom. The molecule has 0 aromatic heterocycles. The molecule has 0 aliphatic heterocycles. The van der Waals surface area contributed by atoms with Crippen LogP contribution in [-0.2, 0) is 21.2 Å². The van der Waals surface area contributed by atoms with Crippen LogP contribution in [0.15, 0.2) is 89.8 Å². The number of ether oxygens (including phenoxy) is 1. The van der Waals surface area contributed by atoms with Crippen LogP contribution in [0.2, 0.25) is 0 Å². The number of carboxylic acids is 1. The minimum absolute atomic E-state index is 0.175. The van der Waals surface area contributed by atoms with E-state index >= 15 is 0 Å². The maximum atomic E-state index is 12.5. The summed E-state index contributed by atoms with van der Waals surface area (Å²) in [5.41, 5.74) is 1.01. The van der Waals surface area contributed by atoms with E-state index in [1.54, 1.807) is 74.5 Å². The second-order valence-corrected chi connectivity index (χ2v) is 10.8. The van der Waals surface area contributed by atoms with Gasteiger partial charge in [-0.1, -0.05) is 60.7 Å². The molecular formula is C28H31NO6S. The number of benzene rings is 3. The second-order valence-electron chi connectivity index (χ2n) is 9.08. The molecule has 1 atom stereocenters. The van der Waals surface area contributed by atoms with E-state index in [-0.39, 0.29) is 11.5 Å². The largest absolute Gasteiger partial charge is 0.493 e. The molecule has 0 fully saturated rings. The molecule has 0 aliphatic rings. The number of aliphatic hydroxyl groups is 1. The molecule has 0 unspecified atom stereocenters. The normalized spacial score (nSPS) is 12.9. The molecule has 0 saturated heterocycles. The van der Waals surface area contributed by atoms with Gasteiger partial charge in [0.05, 0.1) is 23.0 Å². The van der Waals surface area contributed by atoms with E-state index in [9.17, 15) is 23.4 Å². The predicted molar refractivity (Wildman–Crippen MR) is 140 cm³/mol. The smallest absolute Gasteiger partial charge is 0.309 e. The SMILES string of the molecule is CC(C)(Cc1ccccc1OCC[C@@H](O)/C=C/c1cccc(NS(=O)(=O)c2ccccc2)c1)C(=O)O. The Bertz CT molecular complexity index is 1300. The standard InChI is InChI=1S/C28H31NO6S/c1-28(2,27(31)32)20-22-10-6-7-14-26(22)35-18-17-24(30)16-15-21-9-8-11-23(19-21)29-36(33,34)25-12-4-3-5-13-25/h3-16,19,24,29-30H,17-18,20H2,1-2H3,(H,31,32)/b16-15+/t24-/m0/s1. The number of anilines is 1. The van der Waals surface area contributed by atoms with Crippen molar-refractivity contribution in [1.29, 1.82) is 0 Å². The number of hydrogen-bond donors (Lipinski definition) is 3. The van der Waals surface area contributed by atoms with Crippen LogP contribution in [-0.4, -0.2) is 37.3 Å². The Labute approximate surface area is 212 Å². The summed E-state index contributed by atoms with van der Waals surface area (Å²) in [5.74, 6) is -0.281. The first kappa shape index (κ1) is 27.0. The fourth-order valence-corrected chi connectivity index (χ4v) is 4.54. The van der Waals surface area contributed by atoms with Crippen LogP contribution in [0.1, 0.15) is 31.4 Å². The first-order valence-electron chi connectivity index (χ1n) is 11.6. The third-order valence-corrected chi connectivity index (χ3v) is 6.96. The lowest BCUT2D eigenvalue weighted by Gasteiger charge is -2.21. The van der Waals surface area contributed by atoms with Crippen molar-refractivity contribution >= 4 is 27.8 Å². The molecule has 8 heteroatoms. The van der Waals surface area contributed by atoms with Gasteiger partial charge in [-0.25, -0.2) is 8.42 Å². The number of rotatable bonds is 12. The minimum atomic E-state index is -3.69. The molecule has 36 heavy (non-hydrogen) atoms. The zero-order chi connectivity index (χ0) is 26.2. The van der Waals surface area contributed by atoms with Crippen molar-refractivity contribution in [2.24, 2.45) is 5.41 Å². The maximum absolute atomic E-state index is 12.5. The summed E-state index contributed by atoms with van der Waals surface area (Å²) < 4.78 is 33.5. The number of para-hydroxylation sites is 1. The summed E-state index contributed by atoms with van der Waals surface area (Å²) in [6, 6.07) is 22.3. The number of sulfonamides is 1. The zero-order valence-corrected chi connectivity index (χ0v) is 21.1. The van der Waals surface area contributed by atoms with Crippen LogP contribution >= 0.6 is 0 Å². The molecule has 0 aliphatic carbocycles. The highest BCUT2D eigenvalue weighted by Crippen LogP contribution is 2.28. The highest BCUT2D eigenvalue weighted by Gasteiger charge is 2.28. The second kappa shape index (κ2) is 11.9. The summed E-state index contributed by atoms with van der Waals surface area (Å²) >= 11 is 0. The number of nitrogens with one attached hydrogen (secondary N) is 1. The Morgan fingerprint density at radius 3 is 2.44 bits per heavy atom. The van der Waals surface area contributed by atoms with Gasteiger partial charge in [0.25, 0.3) is 10.0 Å². The lowest BCUT2D eigenvalue weighted by atomic mass is 9.85. The van der Waals surface area contributed by atoms with Crippen LogP contribution < -0.4 is 9.46 Å². The lowest BCUT2D eigenvalue weighted by molar-refractivity contribution is -0.146. The van der Waals surface area contributed by atoms with Crippen molar-refractivity contribution in [2.45, 2.75) is 37.7 Å². The predicted octanol–water partition coefficient (Wildman–Crippen LogP) is 4.98. The minimum Gasteiger partial charge on any atom is -0.493 e. The van der Waals surface area contributed by atoms with Crippen LogP contribution in [0.3, 0.4) is 0 Å². The van der Waals surface area contributed by atoms with E-state index in [0.29, 0.717) is 24.3 Å². The van der Waals surface area contributed by atoms with Gasteiger partial charge in [-0.15, -0.1) is 0 Å². The van der Waals surface area contributed by atoms with Crippen molar-refractivity contribution in [2.75, 3.05) is 11.3 Å². The molecule has 3 aromatic carbocycles. The molecule has 0 heterocycles. The molecule has 0 bridgehead atoms. The van der Waals surface area contributed by atoms with Gasteiger partial charge in [0.15, 0.2) is 0 Å². The number of hydrogen-bond acceptors (Lipinski definition) is 5. The third kappa shape index (κ3) is 7.69. The van der Waals surface area contributed by atoms with E-state index in [0.717, 1.165) is 11.1 Å². The monoisotopic (exact) mass is 509 g/mol. The molecule has 0 radical (unpaired) electrons. The van der Waals surface area contributed by atoms with Gasteiger partial charge in [0.1, 0.15) is 5.75 Å². The third-order valence-electron chi connectivity index (χ3n) is 5.56. The molecule has 0 amide bonds. The van der Waals surface area contributed by atoms with Gasteiger partial charge in [-0.05, 0) is 61.7 Å². The van der Waals surface area contributed by atoms with E-state index in [2.05, 4.69) is 4.72 Å². The molecule has 3 aromatic rings. The molecule has 3 N–H and O–H groups in total. The van der Waals surface area contributed by atoms with Crippen LogP contribution in [0, 0.1) is 5.41 Å². The lowest BCUT2D eigenvalue weighted by Crippen LogP contribution is -2.26. The Balaban J connectivity index is 1.56. The number of carbonyl (C=O) groups is 1. The number of aliphatic hydroxyl groups excluding tert-OH is 1. The van der Waals surface area contributed by atoms with Crippen molar-refractivity contribution in [3.63, 3.8) is 0 Å². The molecule has 0 saturated carbocycles. The summed E-state index contributed by atoms with van der Waals surface area (Å²) in [4.78, 5) is 11.6. The van der Waals surface area contributed by atoms with Gasteiger partial charge >= 0.3 is 5.97 Å². The molecular weight excluding hydrogens is 478 g/mol. The number of carboxylic acid groups (broad SMARTS) is 1. The Morgan fingerprint density at radius 2 is 1.72 bits per heavy atom.